The maximum absolute atomic E-state index is 11.8. The van der Waals surface area contributed by atoms with Gasteiger partial charge in [-0.05, 0) is 25.8 Å². The van der Waals surface area contributed by atoms with Crippen molar-refractivity contribution in [1.29, 1.82) is 0 Å². The lowest BCUT2D eigenvalue weighted by atomic mass is 9.76. The SMILES string of the molecule is CC1=C2C=C[C@](C)(O)[C@@H]2[C@H]2OC(=O)[C@@H](C)C2[C@@H](O)C1. The molecule has 1 saturated heterocycles. The van der Waals surface area contributed by atoms with Gasteiger partial charge in [0.25, 0.3) is 0 Å². The molecule has 4 heteroatoms. The molecule has 6 atom stereocenters. The first-order chi connectivity index (χ1) is 8.83. The molecular weight excluding hydrogens is 244 g/mol. The minimum absolute atomic E-state index is 0.240. The minimum Gasteiger partial charge on any atom is -0.461 e. The number of hydrogen-bond acceptors (Lipinski definition) is 4. The highest BCUT2D eigenvalue weighted by atomic mass is 16.6. The molecule has 104 valence electrons. The highest BCUT2D eigenvalue weighted by molar-refractivity contribution is 5.75. The van der Waals surface area contributed by atoms with Gasteiger partial charge in [-0.25, -0.2) is 0 Å². The van der Waals surface area contributed by atoms with Crippen LogP contribution in [0.5, 0.6) is 0 Å². The molecule has 2 aliphatic carbocycles. The number of aliphatic hydroxyl groups excluding tert-OH is 1. The lowest BCUT2D eigenvalue weighted by Crippen LogP contribution is -2.43. The van der Waals surface area contributed by atoms with E-state index in [0.29, 0.717) is 6.42 Å². The van der Waals surface area contributed by atoms with Gasteiger partial charge in [-0.1, -0.05) is 24.6 Å². The van der Waals surface area contributed by atoms with Crippen LogP contribution in [0.1, 0.15) is 27.2 Å². The molecule has 0 bridgehead atoms. The lowest BCUT2D eigenvalue weighted by Gasteiger charge is -2.33. The molecule has 0 aromatic carbocycles. The maximum Gasteiger partial charge on any atom is 0.309 e. The third kappa shape index (κ3) is 1.70. The van der Waals surface area contributed by atoms with Crippen LogP contribution >= 0.6 is 0 Å². The van der Waals surface area contributed by atoms with Gasteiger partial charge in [0.15, 0.2) is 0 Å². The number of rotatable bonds is 0. The normalized spacial score (nSPS) is 48.9. The number of fused-ring (bicyclic) bond motifs is 3. The van der Waals surface area contributed by atoms with E-state index in [-0.39, 0.29) is 23.7 Å². The molecule has 1 fully saturated rings. The Morgan fingerprint density at radius 2 is 2.16 bits per heavy atom. The van der Waals surface area contributed by atoms with Crippen molar-refractivity contribution in [3.05, 3.63) is 23.3 Å². The second kappa shape index (κ2) is 3.93. The number of aliphatic hydroxyl groups is 2. The molecule has 3 aliphatic rings. The van der Waals surface area contributed by atoms with E-state index in [1.807, 2.05) is 13.0 Å². The van der Waals surface area contributed by atoms with E-state index < -0.39 is 17.8 Å². The highest BCUT2D eigenvalue weighted by Gasteiger charge is 2.56. The summed E-state index contributed by atoms with van der Waals surface area (Å²) in [6.45, 7) is 5.51. The molecule has 0 radical (unpaired) electrons. The van der Waals surface area contributed by atoms with E-state index in [4.69, 9.17) is 4.74 Å². The van der Waals surface area contributed by atoms with Gasteiger partial charge in [-0.2, -0.15) is 0 Å². The van der Waals surface area contributed by atoms with Crippen molar-refractivity contribution in [2.24, 2.45) is 17.8 Å². The summed E-state index contributed by atoms with van der Waals surface area (Å²) in [5.41, 5.74) is 1.07. The van der Waals surface area contributed by atoms with Crippen LogP contribution in [0.2, 0.25) is 0 Å². The quantitative estimate of drug-likeness (QED) is 0.645. The fraction of sp³-hybridized carbons (Fsp3) is 0.667. The van der Waals surface area contributed by atoms with Crippen LogP contribution < -0.4 is 0 Å². The van der Waals surface area contributed by atoms with Crippen LogP contribution in [0.15, 0.2) is 23.3 Å². The molecule has 0 aromatic rings. The van der Waals surface area contributed by atoms with E-state index in [1.165, 1.54) is 0 Å². The second-order valence-electron chi connectivity index (χ2n) is 6.31. The van der Waals surface area contributed by atoms with Crippen LogP contribution in [0.3, 0.4) is 0 Å². The summed E-state index contributed by atoms with van der Waals surface area (Å²) in [6, 6.07) is 0. The Hall–Kier alpha value is -1.13. The van der Waals surface area contributed by atoms with Crippen molar-refractivity contribution in [2.75, 3.05) is 0 Å². The van der Waals surface area contributed by atoms with Crippen molar-refractivity contribution < 1.29 is 19.7 Å². The largest absolute Gasteiger partial charge is 0.461 e. The fourth-order valence-corrected chi connectivity index (χ4v) is 3.87. The van der Waals surface area contributed by atoms with Gasteiger partial charge in [-0.3, -0.25) is 4.79 Å². The Kier molecular flexibility index (Phi) is 2.67. The second-order valence-corrected chi connectivity index (χ2v) is 6.31. The number of hydrogen-bond donors (Lipinski definition) is 2. The third-order valence-electron chi connectivity index (χ3n) is 4.93. The summed E-state index contributed by atoms with van der Waals surface area (Å²) in [5.74, 6) is -1.08. The van der Waals surface area contributed by atoms with E-state index in [9.17, 15) is 15.0 Å². The smallest absolute Gasteiger partial charge is 0.309 e. The predicted molar refractivity (Wildman–Crippen MR) is 69.1 cm³/mol. The van der Waals surface area contributed by atoms with Crippen molar-refractivity contribution in [3.63, 3.8) is 0 Å². The molecule has 1 aliphatic heterocycles. The van der Waals surface area contributed by atoms with Crippen molar-refractivity contribution in [1.82, 2.24) is 0 Å². The summed E-state index contributed by atoms with van der Waals surface area (Å²) < 4.78 is 5.49. The summed E-state index contributed by atoms with van der Waals surface area (Å²) in [7, 11) is 0. The molecule has 0 spiro atoms. The topological polar surface area (TPSA) is 66.8 Å². The van der Waals surface area contributed by atoms with Crippen LogP contribution in [0.4, 0.5) is 0 Å². The lowest BCUT2D eigenvalue weighted by molar-refractivity contribution is -0.147. The van der Waals surface area contributed by atoms with Crippen LogP contribution in [-0.2, 0) is 9.53 Å². The molecule has 3 rings (SSSR count). The van der Waals surface area contributed by atoms with Gasteiger partial charge < -0.3 is 14.9 Å². The Morgan fingerprint density at radius 1 is 1.47 bits per heavy atom. The highest BCUT2D eigenvalue weighted by Crippen LogP contribution is 2.49. The van der Waals surface area contributed by atoms with E-state index in [2.05, 4.69) is 0 Å². The molecule has 0 amide bonds. The minimum atomic E-state index is -1.02. The molecule has 2 N–H and O–H groups in total. The molecule has 4 nitrogen and oxygen atoms in total. The van der Waals surface area contributed by atoms with E-state index in [0.717, 1.165) is 11.1 Å². The van der Waals surface area contributed by atoms with Gasteiger partial charge in [0.1, 0.15) is 6.10 Å². The summed E-state index contributed by atoms with van der Waals surface area (Å²) >= 11 is 0. The Morgan fingerprint density at radius 3 is 2.84 bits per heavy atom. The number of ether oxygens (including phenoxy) is 1. The third-order valence-corrected chi connectivity index (χ3v) is 4.93. The molecule has 1 unspecified atom stereocenters. The zero-order chi connectivity index (χ0) is 13.9. The monoisotopic (exact) mass is 264 g/mol. The van der Waals surface area contributed by atoms with E-state index in [1.54, 1.807) is 19.9 Å². The number of allylic oxidation sites excluding steroid dienone is 1. The number of carbonyl (C=O) groups excluding carboxylic acids is 1. The Bertz CT molecular complexity index is 488. The number of esters is 1. The molecule has 1 heterocycles. The zero-order valence-electron chi connectivity index (χ0n) is 11.5. The molecule has 0 aromatic heterocycles. The van der Waals surface area contributed by atoms with Gasteiger partial charge in [0.2, 0.25) is 0 Å². The average molecular weight is 264 g/mol. The average Bonchev–Trinajstić information content (AvgIpc) is 2.72. The first kappa shape index (κ1) is 12.9. The standard InChI is InChI=1S/C15H20O4/c1-7-6-10(16)11-8(2)14(17)19-13(11)12-9(7)4-5-15(12,3)18/h4-5,8,10-13,16,18H,6H2,1-3H3/t8-,10-,11?,12-,13-,15-/m0/s1. The van der Waals surface area contributed by atoms with Gasteiger partial charge in [-0.15, -0.1) is 0 Å². The molecular formula is C15H20O4. The first-order valence-corrected chi connectivity index (χ1v) is 6.82. The van der Waals surface area contributed by atoms with Crippen LogP contribution in [0.25, 0.3) is 0 Å². The molecule has 0 saturated carbocycles. The zero-order valence-corrected chi connectivity index (χ0v) is 11.5. The van der Waals surface area contributed by atoms with Gasteiger partial charge >= 0.3 is 5.97 Å². The van der Waals surface area contributed by atoms with Gasteiger partial charge in [0, 0.05) is 5.92 Å². The predicted octanol–water partition coefficient (Wildman–Crippen LogP) is 1.18. The summed E-state index contributed by atoms with van der Waals surface area (Å²) in [6.07, 6.45) is 3.19. The fourth-order valence-electron chi connectivity index (χ4n) is 3.87. The Labute approximate surface area is 112 Å². The number of carbonyl (C=O) groups is 1. The maximum atomic E-state index is 11.8. The van der Waals surface area contributed by atoms with Crippen molar-refractivity contribution >= 4 is 5.97 Å². The van der Waals surface area contributed by atoms with E-state index >= 15 is 0 Å². The molecule has 19 heavy (non-hydrogen) atoms. The van der Waals surface area contributed by atoms with Crippen LogP contribution in [-0.4, -0.2) is 34.0 Å². The first-order valence-electron chi connectivity index (χ1n) is 6.82. The van der Waals surface area contributed by atoms with Crippen LogP contribution in [0, 0.1) is 17.8 Å². The van der Waals surface area contributed by atoms with Gasteiger partial charge in [0.05, 0.1) is 23.5 Å². The Balaban J connectivity index is 2.10. The summed E-state index contributed by atoms with van der Waals surface area (Å²) in [4.78, 5) is 11.8. The van der Waals surface area contributed by atoms with Crippen molar-refractivity contribution in [3.8, 4) is 0 Å². The summed E-state index contributed by atoms with van der Waals surface area (Å²) in [5, 5.41) is 20.9. The van der Waals surface area contributed by atoms with Crippen molar-refractivity contribution in [2.45, 2.75) is 45.0 Å².